The summed E-state index contributed by atoms with van der Waals surface area (Å²) < 4.78 is 7.68. The largest absolute Gasteiger partial charge is 0.493 e. The topological polar surface area (TPSA) is 100 Å². The van der Waals surface area contributed by atoms with Gasteiger partial charge in [-0.3, -0.25) is 9.48 Å². The highest BCUT2D eigenvalue weighted by atomic mass is 16.5. The van der Waals surface area contributed by atoms with Gasteiger partial charge in [0, 0.05) is 25.8 Å². The molecule has 0 unspecified atom stereocenters. The van der Waals surface area contributed by atoms with Gasteiger partial charge in [0.05, 0.1) is 23.6 Å². The number of guanidine groups is 1. The van der Waals surface area contributed by atoms with Gasteiger partial charge in [-0.25, -0.2) is 9.98 Å². The van der Waals surface area contributed by atoms with Gasteiger partial charge in [-0.15, -0.1) is 0 Å². The minimum Gasteiger partial charge on any atom is -0.493 e. The van der Waals surface area contributed by atoms with Crippen LogP contribution < -0.4 is 15.6 Å². The highest BCUT2D eigenvalue weighted by Gasteiger charge is 2.18. The second-order valence-corrected chi connectivity index (χ2v) is 9.06. The second-order valence-electron chi connectivity index (χ2n) is 9.06. The van der Waals surface area contributed by atoms with Crippen LogP contribution in [0.5, 0.6) is 5.75 Å². The summed E-state index contributed by atoms with van der Waals surface area (Å²) in [5.74, 6) is 1.85. The molecule has 2 heterocycles. The Bertz CT molecular complexity index is 1450. The number of anilines is 1. The number of aliphatic imine (C=N–C) groups is 1. The van der Waals surface area contributed by atoms with Crippen LogP contribution in [0.1, 0.15) is 46.2 Å². The second kappa shape index (κ2) is 12.4. The van der Waals surface area contributed by atoms with Crippen molar-refractivity contribution >= 4 is 28.4 Å². The maximum atomic E-state index is 13.1. The molecule has 0 saturated carbocycles. The summed E-state index contributed by atoms with van der Waals surface area (Å²) in [6, 6.07) is 15.7. The molecule has 4 aromatic rings. The Kier molecular flexibility index (Phi) is 8.78. The minimum absolute atomic E-state index is 0.225. The third-order valence-electron chi connectivity index (χ3n) is 6.26. The molecule has 0 radical (unpaired) electrons. The van der Waals surface area contributed by atoms with Crippen molar-refractivity contribution < 1.29 is 4.74 Å². The van der Waals surface area contributed by atoms with Crippen molar-refractivity contribution in [2.45, 2.75) is 47.0 Å². The van der Waals surface area contributed by atoms with Crippen LogP contribution in [0.25, 0.3) is 22.4 Å². The molecule has 0 bridgehead atoms. The average molecular weight is 516 g/mol. The van der Waals surface area contributed by atoms with Crippen LogP contribution in [-0.2, 0) is 13.5 Å². The van der Waals surface area contributed by atoms with Crippen molar-refractivity contribution in [3.05, 3.63) is 64.6 Å². The number of aromatic nitrogens is 4. The maximum absolute atomic E-state index is 13.1. The van der Waals surface area contributed by atoms with Crippen LogP contribution in [0.3, 0.4) is 0 Å². The lowest BCUT2D eigenvalue weighted by molar-refractivity contribution is 0.318. The van der Waals surface area contributed by atoms with Crippen molar-refractivity contribution in [1.29, 1.82) is 0 Å². The number of H-pyrrole nitrogens is 1. The number of ether oxygens (including phenoxy) is 1. The van der Waals surface area contributed by atoms with Gasteiger partial charge in [-0.05, 0) is 57.0 Å². The number of benzene rings is 2. The third-order valence-corrected chi connectivity index (χ3v) is 6.26. The van der Waals surface area contributed by atoms with E-state index in [2.05, 4.69) is 48.0 Å². The zero-order chi connectivity index (χ0) is 27.1. The summed E-state index contributed by atoms with van der Waals surface area (Å²) in [7, 11) is 1.78. The first-order chi connectivity index (χ1) is 18.5. The SMILES string of the molecule is CCCOc1ccc(NC(=Nc2ccccc2)N(CC)CC)cc1-c1nc2c(CCC)nn(C)c2c(=O)[nH]1. The molecule has 0 spiro atoms. The summed E-state index contributed by atoms with van der Waals surface area (Å²) in [6.07, 6.45) is 2.52. The van der Waals surface area contributed by atoms with Gasteiger partial charge in [0.2, 0.25) is 5.96 Å². The molecule has 2 aromatic carbocycles. The highest BCUT2D eigenvalue weighted by Crippen LogP contribution is 2.32. The molecule has 38 heavy (non-hydrogen) atoms. The van der Waals surface area contributed by atoms with E-state index in [-0.39, 0.29) is 5.56 Å². The molecule has 9 heteroatoms. The van der Waals surface area contributed by atoms with Crippen molar-refractivity contribution in [2.24, 2.45) is 12.0 Å². The average Bonchev–Trinajstić information content (AvgIpc) is 3.24. The van der Waals surface area contributed by atoms with Crippen LogP contribution in [-0.4, -0.2) is 50.3 Å². The summed E-state index contributed by atoms with van der Waals surface area (Å²) in [6.45, 7) is 10.5. The van der Waals surface area contributed by atoms with E-state index in [1.165, 1.54) is 0 Å². The first-order valence-corrected chi connectivity index (χ1v) is 13.4. The predicted molar refractivity (Wildman–Crippen MR) is 154 cm³/mol. The molecule has 0 fully saturated rings. The molecule has 0 saturated heterocycles. The first-order valence-electron chi connectivity index (χ1n) is 13.4. The third kappa shape index (κ3) is 5.88. The zero-order valence-corrected chi connectivity index (χ0v) is 22.9. The molecule has 0 aliphatic carbocycles. The number of nitrogens with zero attached hydrogens (tertiary/aromatic N) is 5. The molecular formula is C29H37N7O2. The molecule has 9 nitrogen and oxygen atoms in total. The van der Waals surface area contributed by atoms with Gasteiger partial charge in [0.15, 0.2) is 5.52 Å². The van der Waals surface area contributed by atoms with Gasteiger partial charge in [0.1, 0.15) is 17.1 Å². The minimum atomic E-state index is -0.225. The molecule has 0 amide bonds. The fraction of sp³-hybridized carbons (Fsp3) is 0.379. The van der Waals surface area contributed by atoms with Crippen LogP contribution in [0.4, 0.5) is 11.4 Å². The van der Waals surface area contributed by atoms with E-state index >= 15 is 0 Å². The number of hydrogen-bond acceptors (Lipinski definition) is 5. The Morgan fingerprint density at radius 3 is 2.53 bits per heavy atom. The normalized spacial score (nSPS) is 11.7. The Balaban J connectivity index is 1.82. The fourth-order valence-corrected chi connectivity index (χ4v) is 4.37. The molecule has 0 aliphatic rings. The van der Waals surface area contributed by atoms with Gasteiger partial charge >= 0.3 is 0 Å². The van der Waals surface area contributed by atoms with E-state index in [4.69, 9.17) is 14.7 Å². The van der Waals surface area contributed by atoms with Crippen LogP contribution in [0, 0.1) is 0 Å². The lowest BCUT2D eigenvalue weighted by Crippen LogP contribution is -2.36. The van der Waals surface area contributed by atoms with Gasteiger partial charge in [-0.2, -0.15) is 5.10 Å². The van der Waals surface area contributed by atoms with Crippen LogP contribution in [0.2, 0.25) is 0 Å². The van der Waals surface area contributed by atoms with Gasteiger partial charge < -0.3 is 19.9 Å². The summed E-state index contributed by atoms with van der Waals surface area (Å²) in [5, 5.41) is 8.05. The quantitative estimate of drug-likeness (QED) is 0.213. The summed E-state index contributed by atoms with van der Waals surface area (Å²) in [4.78, 5) is 28.0. The van der Waals surface area contributed by atoms with E-state index in [1.807, 2.05) is 48.5 Å². The van der Waals surface area contributed by atoms with Gasteiger partial charge in [-0.1, -0.05) is 38.5 Å². The number of aryl methyl sites for hydroxylation is 2. The van der Waals surface area contributed by atoms with Crippen molar-refractivity contribution in [3.8, 4) is 17.1 Å². The Labute approximate surface area is 223 Å². The number of rotatable bonds is 10. The molecule has 200 valence electrons. The van der Waals surface area contributed by atoms with E-state index in [9.17, 15) is 4.79 Å². The number of aromatic amines is 1. The molecule has 0 aliphatic heterocycles. The monoisotopic (exact) mass is 515 g/mol. The highest BCUT2D eigenvalue weighted by molar-refractivity contribution is 5.96. The Morgan fingerprint density at radius 2 is 1.84 bits per heavy atom. The van der Waals surface area contributed by atoms with Crippen molar-refractivity contribution in [3.63, 3.8) is 0 Å². The molecule has 2 aromatic heterocycles. The van der Waals surface area contributed by atoms with Crippen LogP contribution >= 0.6 is 0 Å². The molecule has 4 rings (SSSR count). The van der Waals surface area contributed by atoms with Crippen molar-refractivity contribution in [1.82, 2.24) is 24.6 Å². The summed E-state index contributed by atoms with van der Waals surface area (Å²) in [5.41, 5.74) is 4.07. The Hall–Kier alpha value is -4.14. The lowest BCUT2D eigenvalue weighted by atomic mass is 10.1. The number of nitrogens with one attached hydrogen (secondary N) is 2. The number of hydrogen-bond donors (Lipinski definition) is 2. The predicted octanol–water partition coefficient (Wildman–Crippen LogP) is 5.51. The molecule has 2 N–H and O–H groups in total. The maximum Gasteiger partial charge on any atom is 0.277 e. The number of fused-ring (bicyclic) bond motifs is 1. The Morgan fingerprint density at radius 1 is 1.08 bits per heavy atom. The smallest absolute Gasteiger partial charge is 0.277 e. The first kappa shape index (κ1) is 26.9. The van der Waals surface area contributed by atoms with E-state index < -0.39 is 0 Å². The fourth-order valence-electron chi connectivity index (χ4n) is 4.37. The molecule has 0 atom stereocenters. The summed E-state index contributed by atoms with van der Waals surface area (Å²) >= 11 is 0. The van der Waals surface area contributed by atoms with Crippen molar-refractivity contribution in [2.75, 3.05) is 25.0 Å². The zero-order valence-electron chi connectivity index (χ0n) is 22.9. The van der Waals surface area contributed by atoms with Crippen LogP contribution in [0.15, 0.2) is 58.3 Å². The standard InChI is InChI=1S/C29H37N7O2/c1-6-13-23-25-26(35(5)34-23)28(37)33-27(32-25)22-19-21(16-17-24(22)38-18-7-2)31-29(36(8-3)9-4)30-20-14-11-10-12-15-20/h10-12,14-17,19H,6-9,13,18H2,1-5H3,(H,30,31)(H,32,33,37). The van der Waals surface area contributed by atoms with Gasteiger partial charge in [0.25, 0.3) is 5.56 Å². The molecular weight excluding hydrogens is 478 g/mol. The van der Waals surface area contributed by atoms with E-state index in [1.54, 1.807) is 11.7 Å². The number of para-hydroxylation sites is 1. The van der Waals surface area contributed by atoms with E-state index in [0.717, 1.165) is 55.4 Å². The lowest BCUT2D eigenvalue weighted by Gasteiger charge is -2.24. The van der Waals surface area contributed by atoms with E-state index in [0.29, 0.717) is 34.8 Å².